The quantitative estimate of drug-likeness (QED) is 0.596. The summed E-state index contributed by atoms with van der Waals surface area (Å²) < 4.78 is 23.4. The van der Waals surface area contributed by atoms with Crippen LogP contribution in [-0.2, 0) is 13.2 Å². The molecule has 3 aromatic rings. The number of fused-ring (bicyclic) bond motifs is 1. The van der Waals surface area contributed by atoms with Crippen molar-refractivity contribution in [3.05, 3.63) is 51.8 Å². The maximum Gasteiger partial charge on any atom is 0.254 e. The predicted octanol–water partition coefficient (Wildman–Crippen LogP) is 2.80. The summed E-state index contributed by atoms with van der Waals surface area (Å²) in [5.41, 5.74) is 2.85. The summed E-state index contributed by atoms with van der Waals surface area (Å²) in [6.07, 6.45) is 0. The van der Waals surface area contributed by atoms with E-state index in [-0.39, 0.29) is 5.82 Å². The molecule has 0 aliphatic carbocycles. The van der Waals surface area contributed by atoms with Crippen LogP contribution in [0.15, 0.2) is 24.3 Å². The van der Waals surface area contributed by atoms with Gasteiger partial charge >= 0.3 is 0 Å². The van der Waals surface area contributed by atoms with Crippen LogP contribution < -0.4 is 4.74 Å². The molecule has 1 aromatic carbocycles. The Labute approximate surface area is 174 Å². The molecule has 0 atom stereocenters. The summed E-state index contributed by atoms with van der Waals surface area (Å²) in [6, 6.07) is 6.67. The number of rotatable bonds is 5. The lowest BCUT2D eigenvalue weighted by Gasteiger charge is -2.34. The summed E-state index contributed by atoms with van der Waals surface area (Å²) >= 11 is 5.61. The third kappa shape index (κ3) is 4.17. The Morgan fingerprint density at radius 1 is 1.10 bits per heavy atom. The van der Waals surface area contributed by atoms with E-state index in [2.05, 4.69) is 19.9 Å². The van der Waals surface area contributed by atoms with Crippen molar-refractivity contribution in [1.29, 1.82) is 0 Å². The van der Waals surface area contributed by atoms with Gasteiger partial charge in [0.2, 0.25) is 4.77 Å². The molecule has 0 N–H and O–H groups in total. The normalized spacial score (nSPS) is 15.9. The van der Waals surface area contributed by atoms with Crippen molar-refractivity contribution in [1.82, 2.24) is 29.0 Å². The number of piperazine rings is 1. The molecule has 0 spiro atoms. The molecule has 1 aliphatic heterocycles. The first-order valence-corrected chi connectivity index (χ1v) is 10.1. The third-order valence-electron chi connectivity index (χ3n) is 5.30. The fourth-order valence-corrected chi connectivity index (χ4v) is 4.14. The third-order valence-corrected chi connectivity index (χ3v) is 5.70. The number of nitrogens with zero attached hydrogens (tertiary/aromatic N) is 6. The van der Waals surface area contributed by atoms with E-state index in [9.17, 15) is 4.39 Å². The Hall–Kier alpha value is -2.36. The zero-order valence-corrected chi connectivity index (χ0v) is 17.7. The van der Waals surface area contributed by atoms with Gasteiger partial charge in [-0.05, 0) is 50.3 Å². The highest BCUT2D eigenvalue weighted by atomic mass is 32.1. The van der Waals surface area contributed by atoms with Crippen molar-refractivity contribution in [2.45, 2.75) is 27.1 Å². The molecule has 1 aliphatic rings. The van der Waals surface area contributed by atoms with E-state index in [0.29, 0.717) is 23.8 Å². The summed E-state index contributed by atoms with van der Waals surface area (Å²) in [4.78, 5) is 9.12. The molecule has 7 nitrogen and oxygen atoms in total. The van der Waals surface area contributed by atoms with E-state index >= 15 is 0 Å². The van der Waals surface area contributed by atoms with Crippen LogP contribution in [0.3, 0.4) is 0 Å². The van der Waals surface area contributed by atoms with Crippen LogP contribution >= 0.6 is 12.2 Å². The van der Waals surface area contributed by atoms with Crippen LogP contribution in [0.1, 0.15) is 17.0 Å². The maximum atomic E-state index is 13.6. The summed E-state index contributed by atoms with van der Waals surface area (Å²) in [5.74, 6) is 1.13. The molecule has 0 radical (unpaired) electrons. The number of halogens is 1. The topological polar surface area (TPSA) is 50.8 Å². The number of hydrogen-bond donors (Lipinski definition) is 0. The highest BCUT2D eigenvalue weighted by Crippen LogP contribution is 2.22. The second kappa shape index (κ2) is 8.17. The van der Waals surface area contributed by atoms with Gasteiger partial charge in [-0.2, -0.15) is 0 Å². The minimum Gasteiger partial charge on any atom is -0.496 e. The van der Waals surface area contributed by atoms with Gasteiger partial charge in [-0.1, -0.05) is 0 Å². The molecule has 4 rings (SSSR count). The number of ether oxygens (including phenoxy) is 1. The van der Waals surface area contributed by atoms with E-state index in [1.165, 1.54) is 6.07 Å². The van der Waals surface area contributed by atoms with Gasteiger partial charge in [-0.15, -0.1) is 5.10 Å². The van der Waals surface area contributed by atoms with Gasteiger partial charge in [0.1, 0.15) is 11.6 Å². The Morgan fingerprint density at radius 3 is 2.55 bits per heavy atom. The highest BCUT2D eigenvalue weighted by Gasteiger charge is 2.20. The predicted molar refractivity (Wildman–Crippen MR) is 111 cm³/mol. The zero-order valence-electron chi connectivity index (χ0n) is 16.9. The summed E-state index contributed by atoms with van der Waals surface area (Å²) in [7, 11) is 1.62. The van der Waals surface area contributed by atoms with Gasteiger partial charge in [0.25, 0.3) is 5.78 Å². The fraction of sp³-hybridized carbons (Fsp3) is 0.450. The van der Waals surface area contributed by atoms with E-state index in [1.807, 2.05) is 29.0 Å². The number of aryl methyl sites for hydroxylation is 2. The van der Waals surface area contributed by atoms with Crippen molar-refractivity contribution in [2.24, 2.45) is 0 Å². The lowest BCUT2D eigenvalue weighted by atomic mass is 10.1. The van der Waals surface area contributed by atoms with Crippen molar-refractivity contribution in [3.63, 3.8) is 0 Å². The van der Waals surface area contributed by atoms with Gasteiger partial charge in [0.05, 0.1) is 13.8 Å². The first-order valence-electron chi connectivity index (χ1n) is 9.65. The minimum atomic E-state index is -0.236. The first kappa shape index (κ1) is 19.9. The van der Waals surface area contributed by atoms with Crippen LogP contribution in [-0.4, -0.2) is 62.3 Å². The molecule has 9 heteroatoms. The van der Waals surface area contributed by atoms with Crippen LogP contribution in [0.2, 0.25) is 0 Å². The number of hydrogen-bond acceptors (Lipinski definition) is 6. The zero-order chi connectivity index (χ0) is 20.5. The van der Waals surface area contributed by atoms with Gasteiger partial charge in [-0.25, -0.2) is 14.1 Å². The molecule has 1 saturated heterocycles. The SMILES string of the molecule is COc1ccc(F)cc1CN1CCN(Cn2nc3nc(C)cc(C)n3c2=S)CC1. The van der Waals surface area contributed by atoms with E-state index in [1.54, 1.807) is 19.2 Å². The van der Waals surface area contributed by atoms with Gasteiger partial charge < -0.3 is 4.74 Å². The van der Waals surface area contributed by atoms with Crippen molar-refractivity contribution in [2.75, 3.05) is 33.3 Å². The second-order valence-corrected chi connectivity index (χ2v) is 7.81. The molecular weight excluding hydrogens is 391 g/mol. The Kier molecular flexibility index (Phi) is 5.62. The Morgan fingerprint density at radius 2 is 1.83 bits per heavy atom. The van der Waals surface area contributed by atoms with Gasteiger partial charge in [0, 0.05) is 49.7 Å². The lowest BCUT2D eigenvalue weighted by molar-refractivity contribution is 0.0976. The van der Waals surface area contributed by atoms with Crippen LogP contribution in [0.4, 0.5) is 4.39 Å². The monoisotopic (exact) mass is 416 g/mol. The molecule has 0 bridgehead atoms. The average Bonchev–Trinajstić information content (AvgIpc) is 2.99. The van der Waals surface area contributed by atoms with E-state index < -0.39 is 0 Å². The highest BCUT2D eigenvalue weighted by molar-refractivity contribution is 7.71. The minimum absolute atomic E-state index is 0.236. The number of methoxy groups -OCH3 is 1. The summed E-state index contributed by atoms with van der Waals surface area (Å²) in [5, 5.41) is 4.60. The van der Waals surface area contributed by atoms with Crippen LogP contribution in [0.25, 0.3) is 5.78 Å². The van der Waals surface area contributed by atoms with Crippen molar-refractivity contribution < 1.29 is 9.13 Å². The molecule has 1 fully saturated rings. The van der Waals surface area contributed by atoms with Gasteiger partial charge in [0.15, 0.2) is 0 Å². The largest absolute Gasteiger partial charge is 0.496 e. The molecule has 0 unspecified atom stereocenters. The summed E-state index contributed by atoms with van der Waals surface area (Å²) in [6.45, 7) is 8.83. The molecule has 154 valence electrons. The Balaban J connectivity index is 1.41. The molecule has 3 heterocycles. The average molecular weight is 417 g/mol. The molecule has 0 amide bonds. The second-order valence-electron chi connectivity index (χ2n) is 7.45. The first-order chi connectivity index (χ1) is 13.9. The smallest absolute Gasteiger partial charge is 0.254 e. The molecular formula is C20H25FN6OS. The standard InChI is InChI=1S/C20H25FN6OS/c1-14-10-15(2)27-19(22-14)23-26(20(27)29)13-25-8-6-24(7-9-25)12-16-11-17(21)4-5-18(16)28-3/h4-5,10-11H,6-9,12-13H2,1-3H3. The number of benzene rings is 1. The Bertz CT molecular complexity index is 1090. The molecule has 29 heavy (non-hydrogen) atoms. The van der Waals surface area contributed by atoms with Crippen LogP contribution in [0.5, 0.6) is 5.75 Å². The van der Waals surface area contributed by atoms with Crippen molar-refractivity contribution in [3.8, 4) is 5.75 Å². The van der Waals surface area contributed by atoms with E-state index in [0.717, 1.165) is 48.9 Å². The van der Waals surface area contributed by atoms with Crippen molar-refractivity contribution >= 4 is 18.0 Å². The van der Waals surface area contributed by atoms with Crippen LogP contribution in [0, 0.1) is 24.4 Å². The fourth-order valence-electron chi connectivity index (χ4n) is 3.82. The molecule has 0 saturated carbocycles. The lowest BCUT2D eigenvalue weighted by Crippen LogP contribution is -2.46. The van der Waals surface area contributed by atoms with E-state index in [4.69, 9.17) is 17.0 Å². The number of aromatic nitrogens is 4. The van der Waals surface area contributed by atoms with Gasteiger partial charge in [-0.3, -0.25) is 14.2 Å². The molecule has 2 aromatic heterocycles. The maximum absolute atomic E-state index is 13.6.